The van der Waals surface area contributed by atoms with Gasteiger partial charge in [-0.15, -0.1) is 6.58 Å². The average Bonchev–Trinajstić information content (AvgIpc) is 3.29. The largest absolute Gasteiger partial charge is 0.508 e. The van der Waals surface area contributed by atoms with Crippen LogP contribution >= 0.6 is 0 Å². The van der Waals surface area contributed by atoms with E-state index in [1.54, 1.807) is 48.2 Å². The zero-order valence-electron chi connectivity index (χ0n) is 19.6. The lowest BCUT2D eigenvalue weighted by atomic mass is 9.81. The van der Waals surface area contributed by atoms with Crippen molar-refractivity contribution in [3.8, 4) is 11.5 Å². The molecule has 3 amide bonds. The SMILES string of the molecule is C=CCNCCN1C(=O)N2C(c3cccc(O)c3)c3[nH]c4ccc(OC)c(F)c4c3CC2(C)C1=O. The van der Waals surface area contributed by atoms with Crippen molar-refractivity contribution >= 4 is 22.8 Å². The second kappa shape index (κ2) is 8.42. The Balaban J connectivity index is 1.69. The summed E-state index contributed by atoms with van der Waals surface area (Å²) in [5.41, 5.74) is 1.17. The Bertz CT molecular complexity index is 1350. The summed E-state index contributed by atoms with van der Waals surface area (Å²) >= 11 is 0. The number of phenolic OH excluding ortho intramolecular Hbond substituents is 1. The van der Waals surface area contributed by atoms with Gasteiger partial charge in [0.15, 0.2) is 11.6 Å². The molecule has 0 radical (unpaired) electrons. The lowest BCUT2D eigenvalue weighted by molar-refractivity contribution is -0.133. The Morgan fingerprint density at radius 1 is 1.34 bits per heavy atom. The van der Waals surface area contributed by atoms with Crippen LogP contribution in [-0.2, 0) is 11.2 Å². The first-order valence-corrected chi connectivity index (χ1v) is 11.4. The van der Waals surface area contributed by atoms with Gasteiger partial charge in [-0.25, -0.2) is 9.18 Å². The zero-order chi connectivity index (χ0) is 24.9. The van der Waals surface area contributed by atoms with Crippen LogP contribution in [0.5, 0.6) is 11.5 Å². The molecule has 0 spiro atoms. The molecule has 3 N–H and O–H groups in total. The van der Waals surface area contributed by atoms with Gasteiger partial charge < -0.3 is 20.1 Å². The smallest absolute Gasteiger partial charge is 0.328 e. The Hall–Kier alpha value is -3.85. The first-order valence-electron chi connectivity index (χ1n) is 11.4. The molecule has 8 nitrogen and oxygen atoms in total. The average molecular weight is 479 g/mol. The minimum Gasteiger partial charge on any atom is -0.508 e. The van der Waals surface area contributed by atoms with Crippen LogP contribution < -0.4 is 10.1 Å². The summed E-state index contributed by atoms with van der Waals surface area (Å²) in [5.74, 6) is -0.721. The van der Waals surface area contributed by atoms with Gasteiger partial charge >= 0.3 is 6.03 Å². The standard InChI is InChI=1S/C26H27FN4O4/c1-4-10-28-11-12-30-24(33)26(2)14-17-20-18(8-9-19(35-3)21(20)27)29-22(17)23(31(26)25(30)34)15-6-5-7-16(32)13-15/h4-9,13,23,28-29,32H,1,10-12,14H2,2-3H3. The number of benzene rings is 2. The predicted molar refractivity (Wildman–Crippen MR) is 129 cm³/mol. The summed E-state index contributed by atoms with van der Waals surface area (Å²) in [4.78, 5) is 33.5. The molecule has 3 heterocycles. The first kappa shape index (κ1) is 22.9. The number of carbonyl (C=O) groups excluding carboxylic acids is 2. The van der Waals surface area contributed by atoms with Crippen LogP contribution in [0.1, 0.15) is 29.8 Å². The van der Waals surface area contributed by atoms with Gasteiger partial charge in [0.25, 0.3) is 5.91 Å². The van der Waals surface area contributed by atoms with E-state index in [0.717, 1.165) is 0 Å². The monoisotopic (exact) mass is 478 g/mol. The fourth-order valence-corrected chi connectivity index (χ4v) is 5.34. The van der Waals surface area contributed by atoms with Crippen molar-refractivity contribution in [2.75, 3.05) is 26.7 Å². The molecule has 2 aromatic carbocycles. The zero-order valence-corrected chi connectivity index (χ0v) is 19.6. The maximum Gasteiger partial charge on any atom is 0.328 e. The van der Waals surface area contributed by atoms with Crippen molar-refractivity contribution in [2.24, 2.45) is 0 Å². The third-order valence-electron chi connectivity index (χ3n) is 6.94. The molecule has 1 aromatic heterocycles. The number of carbonyl (C=O) groups is 2. The number of halogens is 1. The number of nitrogens with zero attached hydrogens (tertiary/aromatic N) is 2. The summed E-state index contributed by atoms with van der Waals surface area (Å²) < 4.78 is 20.7. The van der Waals surface area contributed by atoms with Crippen molar-refractivity contribution in [1.82, 2.24) is 20.1 Å². The van der Waals surface area contributed by atoms with Gasteiger partial charge in [0.05, 0.1) is 7.11 Å². The quantitative estimate of drug-likeness (QED) is 0.275. The minimum absolute atomic E-state index is 0.0312. The Morgan fingerprint density at radius 3 is 2.86 bits per heavy atom. The normalized spacial score (nSPS) is 21.4. The summed E-state index contributed by atoms with van der Waals surface area (Å²) in [6.45, 7) is 6.56. The van der Waals surface area contributed by atoms with Crippen LogP contribution in [0.3, 0.4) is 0 Å². The van der Waals surface area contributed by atoms with E-state index in [9.17, 15) is 14.7 Å². The fourth-order valence-electron chi connectivity index (χ4n) is 5.34. The van der Waals surface area contributed by atoms with E-state index in [0.29, 0.717) is 40.8 Å². The van der Waals surface area contributed by atoms with Crippen LogP contribution in [0, 0.1) is 5.82 Å². The molecule has 0 aliphatic carbocycles. The van der Waals surface area contributed by atoms with Gasteiger partial charge in [0.2, 0.25) is 0 Å². The number of aromatic hydroxyl groups is 1. The van der Waals surface area contributed by atoms with Crippen molar-refractivity contribution in [1.29, 1.82) is 0 Å². The van der Waals surface area contributed by atoms with Crippen LogP contribution in [0.4, 0.5) is 9.18 Å². The molecule has 0 saturated carbocycles. The highest BCUT2D eigenvalue weighted by Gasteiger charge is 2.60. The van der Waals surface area contributed by atoms with Crippen molar-refractivity contribution in [2.45, 2.75) is 24.9 Å². The first-order chi connectivity index (χ1) is 16.8. The predicted octanol–water partition coefficient (Wildman–Crippen LogP) is 3.47. The molecule has 9 heteroatoms. The number of phenols is 1. The number of urea groups is 1. The van der Waals surface area contributed by atoms with E-state index in [1.807, 2.05) is 0 Å². The van der Waals surface area contributed by atoms with Gasteiger partial charge in [0.1, 0.15) is 17.3 Å². The van der Waals surface area contributed by atoms with Crippen LogP contribution in [-0.4, -0.2) is 64.1 Å². The number of nitrogens with one attached hydrogen (secondary N) is 2. The summed E-state index contributed by atoms with van der Waals surface area (Å²) in [7, 11) is 1.40. The van der Waals surface area contributed by atoms with E-state index in [1.165, 1.54) is 18.1 Å². The van der Waals surface area contributed by atoms with Crippen LogP contribution in [0.15, 0.2) is 49.1 Å². The van der Waals surface area contributed by atoms with Gasteiger partial charge in [0, 0.05) is 42.7 Å². The van der Waals surface area contributed by atoms with E-state index >= 15 is 4.39 Å². The number of methoxy groups -OCH3 is 1. The van der Waals surface area contributed by atoms with Crippen molar-refractivity contribution < 1.29 is 23.8 Å². The molecular formula is C26H27FN4O4. The van der Waals surface area contributed by atoms with Crippen molar-refractivity contribution in [3.05, 3.63) is 71.7 Å². The fraction of sp³-hybridized carbons (Fsp3) is 0.308. The number of amides is 3. The molecule has 182 valence electrons. The van der Waals surface area contributed by atoms with Gasteiger partial charge in [-0.1, -0.05) is 18.2 Å². The molecule has 3 aromatic rings. The highest BCUT2D eigenvalue weighted by atomic mass is 19.1. The number of ether oxygens (including phenoxy) is 1. The van der Waals surface area contributed by atoms with E-state index in [-0.39, 0.29) is 30.4 Å². The molecule has 2 unspecified atom stereocenters. The molecule has 2 aliphatic heterocycles. The second-order valence-corrected chi connectivity index (χ2v) is 9.07. The summed E-state index contributed by atoms with van der Waals surface area (Å²) in [6, 6.07) is 8.69. The second-order valence-electron chi connectivity index (χ2n) is 9.07. The van der Waals surface area contributed by atoms with E-state index < -0.39 is 23.4 Å². The number of imide groups is 1. The highest BCUT2D eigenvalue weighted by molar-refractivity contribution is 6.08. The number of H-pyrrole nitrogens is 1. The van der Waals surface area contributed by atoms with Gasteiger partial charge in [-0.3, -0.25) is 14.6 Å². The molecular weight excluding hydrogens is 451 g/mol. The molecule has 1 fully saturated rings. The maximum atomic E-state index is 15.5. The maximum absolute atomic E-state index is 15.5. The molecule has 2 aliphatic rings. The minimum atomic E-state index is -1.23. The molecule has 1 saturated heterocycles. The lowest BCUT2D eigenvalue weighted by Gasteiger charge is -2.42. The van der Waals surface area contributed by atoms with E-state index in [4.69, 9.17) is 4.74 Å². The molecule has 35 heavy (non-hydrogen) atoms. The van der Waals surface area contributed by atoms with Crippen LogP contribution in [0.25, 0.3) is 10.9 Å². The number of aromatic nitrogens is 1. The molecule has 2 atom stereocenters. The topological polar surface area (TPSA) is 97.9 Å². The Morgan fingerprint density at radius 2 is 2.14 bits per heavy atom. The molecule has 0 bridgehead atoms. The van der Waals surface area contributed by atoms with E-state index in [2.05, 4.69) is 16.9 Å². The van der Waals surface area contributed by atoms with Gasteiger partial charge in [-0.2, -0.15) is 0 Å². The number of rotatable bonds is 7. The summed E-state index contributed by atoms with van der Waals surface area (Å²) in [6.07, 6.45) is 1.85. The molecule has 5 rings (SSSR count). The Labute approximate surface area is 202 Å². The summed E-state index contributed by atoms with van der Waals surface area (Å²) in [5, 5.41) is 13.7. The third kappa shape index (κ3) is 3.37. The lowest BCUT2D eigenvalue weighted by Crippen LogP contribution is -2.53. The number of hydrogen-bond donors (Lipinski definition) is 3. The third-order valence-corrected chi connectivity index (χ3v) is 6.94. The Kier molecular flexibility index (Phi) is 5.52. The van der Waals surface area contributed by atoms with Gasteiger partial charge in [-0.05, 0) is 42.3 Å². The highest BCUT2D eigenvalue weighted by Crippen LogP contribution is 2.49. The number of fused-ring (bicyclic) bond motifs is 4. The number of aromatic amines is 1. The van der Waals surface area contributed by atoms with Crippen molar-refractivity contribution in [3.63, 3.8) is 0 Å². The van der Waals surface area contributed by atoms with Crippen LogP contribution in [0.2, 0.25) is 0 Å². The number of hydrogen-bond acceptors (Lipinski definition) is 5.